The lowest BCUT2D eigenvalue weighted by Gasteiger charge is -2.23. The molecule has 0 atom stereocenters. The maximum atomic E-state index is 12.4. The van der Waals surface area contributed by atoms with Gasteiger partial charge in [0.1, 0.15) is 12.3 Å². The maximum Gasteiger partial charge on any atom is 0.323 e. The van der Waals surface area contributed by atoms with Crippen molar-refractivity contribution in [3.05, 3.63) is 28.2 Å². The number of carbonyl (C=O) groups is 2. The fraction of sp³-hybridized carbons (Fsp3) is 0.429. The fourth-order valence-corrected chi connectivity index (χ4v) is 2.35. The molecular weight excluding hydrogens is 326 g/mol. The first-order valence-electron chi connectivity index (χ1n) is 6.19. The van der Waals surface area contributed by atoms with Crippen LogP contribution in [0.25, 0.3) is 0 Å². The van der Waals surface area contributed by atoms with E-state index in [-0.39, 0.29) is 18.4 Å². The highest BCUT2D eigenvalue weighted by atomic mass is 79.9. The van der Waals surface area contributed by atoms with Gasteiger partial charge in [-0.3, -0.25) is 9.59 Å². The highest BCUT2D eigenvalue weighted by Crippen LogP contribution is 2.26. The molecular formula is C14H18BrNO4. The molecule has 0 radical (unpaired) electrons. The number of halogens is 1. The third-order valence-corrected chi connectivity index (χ3v) is 3.22. The molecule has 0 fully saturated rings. The molecule has 110 valence electrons. The van der Waals surface area contributed by atoms with E-state index < -0.39 is 5.97 Å². The number of hydrogen-bond donors (Lipinski definition) is 1. The summed E-state index contributed by atoms with van der Waals surface area (Å²) in [6.07, 6.45) is 0. The zero-order valence-corrected chi connectivity index (χ0v) is 13.3. The monoisotopic (exact) mass is 343 g/mol. The van der Waals surface area contributed by atoms with Crippen molar-refractivity contribution < 1.29 is 19.4 Å². The molecule has 20 heavy (non-hydrogen) atoms. The molecule has 0 aromatic heterocycles. The zero-order valence-electron chi connectivity index (χ0n) is 11.7. The summed E-state index contributed by atoms with van der Waals surface area (Å²) >= 11 is 3.31. The number of carbonyl (C=O) groups excluding carboxylic acids is 1. The molecule has 0 aliphatic heterocycles. The minimum absolute atomic E-state index is 0.194. The van der Waals surface area contributed by atoms with E-state index in [1.165, 1.54) is 12.0 Å². The van der Waals surface area contributed by atoms with Gasteiger partial charge in [-0.2, -0.15) is 0 Å². The molecule has 1 amide bonds. The van der Waals surface area contributed by atoms with Crippen LogP contribution in [0.1, 0.15) is 24.2 Å². The van der Waals surface area contributed by atoms with Crippen molar-refractivity contribution in [1.29, 1.82) is 0 Å². The Morgan fingerprint density at radius 3 is 2.50 bits per heavy atom. The molecule has 0 heterocycles. The van der Waals surface area contributed by atoms with Gasteiger partial charge >= 0.3 is 5.97 Å². The van der Waals surface area contributed by atoms with Crippen LogP contribution >= 0.6 is 15.9 Å². The first-order chi connectivity index (χ1) is 9.35. The van der Waals surface area contributed by atoms with Gasteiger partial charge in [-0.15, -0.1) is 0 Å². The zero-order chi connectivity index (χ0) is 15.3. The molecule has 1 aromatic rings. The van der Waals surface area contributed by atoms with Gasteiger partial charge in [0.15, 0.2) is 0 Å². The van der Waals surface area contributed by atoms with E-state index in [1.807, 2.05) is 13.8 Å². The van der Waals surface area contributed by atoms with Crippen molar-refractivity contribution in [2.45, 2.75) is 13.8 Å². The average molecular weight is 344 g/mol. The Balaban J connectivity index is 2.98. The quantitative estimate of drug-likeness (QED) is 0.862. The standard InChI is InChI=1S/C14H18BrNO4/c1-9(2)7-16(8-13(17)18)14(19)10-4-5-12(20-3)11(15)6-10/h4-6,9H,7-8H2,1-3H3,(H,17,18). The number of rotatable bonds is 6. The predicted molar refractivity (Wildman–Crippen MR) is 79.1 cm³/mol. The van der Waals surface area contributed by atoms with Gasteiger partial charge in [-0.25, -0.2) is 0 Å². The number of hydrogen-bond acceptors (Lipinski definition) is 3. The SMILES string of the molecule is COc1ccc(C(=O)N(CC(=O)O)CC(C)C)cc1Br. The van der Waals surface area contributed by atoms with Gasteiger partial charge in [0, 0.05) is 12.1 Å². The van der Waals surface area contributed by atoms with Crippen molar-refractivity contribution >= 4 is 27.8 Å². The number of nitrogens with zero attached hydrogens (tertiary/aromatic N) is 1. The lowest BCUT2D eigenvalue weighted by molar-refractivity contribution is -0.137. The smallest absolute Gasteiger partial charge is 0.323 e. The van der Waals surface area contributed by atoms with E-state index in [9.17, 15) is 9.59 Å². The summed E-state index contributed by atoms with van der Waals surface area (Å²) in [5.74, 6) is -0.508. The number of amides is 1. The first-order valence-corrected chi connectivity index (χ1v) is 6.99. The van der Waals surface area contributed by atoms with Crippen LogP contribution in [0.15, 0.2) is 22.7 Å². The highest BCUT2D eigenvalue weighted by molar-refractivity contribution is 9.10. The summed E-state index contributed by atoms with van der Waals surface area (Å²) in [4.78, 5) is 24.6. The van der Waals surface area contributed by atoms with Gasteiger partial charge in [0.2, 0.25) is 0 Å². The number of ether oxygens (including phenoxy) is 1. The number of carboxylic acids is 1. The van der Waals surface area contributed by atoms with E-state index >= 15 is 0 Å². The van der Waals surface area contributed by atoms with E-state index in [2.05, 4.69) is 15.9 Å². The summed E-state index contributed by atoms with van der Waals surface area (Å²) in [6.45, 7) is 3.97. The molecule has 0 saturated heterocycles. The van der Waals surface area contributed by atoms with E-state index in [4.69, 9.17) is 9.84 Å². The topological polar surface area (TPSA) is 66.8 Å². The number of methoxy groups -OCH3 is 1. The average Bonchev–Trinajstić information content (AvgIpc) is 2.35. The Labute approximate surface area is 126 Å². The van der Waals surface area contributed by atoms with E-state index in [0.717, 1.165) is 0 Å². The first kappa shape index (κ1) is 16.5. The second-order valence-electron chi connectivity index (χ2n) is 4.82. The second kappa shape index (κ2) is 7.28. The summed E-state index contributed by atoms with van der Waals surface area (Å²) in [6, 6.07) is 4.93. The van der Waals surface area contributed by atoms with Crippen LogP contribution in [0.5, 0.6) is 5.75 Å². The molecule has 0 bridgehead atoms. The van der Waals surface area contributed by atoms with Gasteiger partial charge in [0.25, 0.3) is 5.91 Å². The minimum Gasteiger partial charge on any atom is -0.496 e. The molecule has 0 unspecified atom stereocenters. The van der Waals surface area contributed by atoms with E-state index in [1.54, 1.807) is 18.2 Å². The van der Waals surface area contributed by atoms with Gasteiger partial charge < -0.3 is 14.7 Å². The molecule has 5 nitrogen and oxygen atoms in total. The van der Waals surface area contributed by atoms with Crippen LogP contribution in [-0.4, -0.2) is 42.1 Å². The Bertz CT molecular complexity index is 502. The van der Waals surface area contributed by atoms with Crippen molar-refractivity contribution in [2.24, 2.45) is 5.92 Å². The number of carboxylic acid groups (broad SMARTS) is 1. The Hall–Kier alpha value is -1.56. The predicted octanol–water partition coefficient (Wildman–Crippen LogP) is 2.64. The van der Waals surface area contributed by atoms with E-state index in [0.29, 0.717) is 22.3 Å². The fourth-order valence-electron chi connectivity index (χ4n) is 1.81. The lowest BCUT2D eigenvalue weighted by Crippen LogP contribution is -2.38. The number of benzene rings is 1. The van der Waals surface area contributed by atoms with Crippen LogP contribution in [0.3, 0.4) is 0 Å². The van der Waals surface area contributed by atoms with Gasteiger partial charge in [-0.05, 0) is 40.0 Å². The van der Waals surface area contributed by atoms with Gasteiger partial charge in [0.05, 0.1) is 11.6 Å². The summed E-state index contributed by atoms with van der Waals surface area (Å²) in [5, 5.41) is 8.91. The molecule has 1 N–H and O–H groups in total. The Morgan fingerprint density at radius 2 is 2.05 bits per heavy atom. The highest BCUT2D eigenvalue weighted by Gasteiger charge is 2.20. The molecule has 0 aliphatic carbocycles. The number of aliphatic carboxylic acids is 1. The molecule has 0 aliphatic rings. The third kappa shape index (κ3) is 4.52. The lowest BCUT2D eigenvalue weighted by atomic mass is 10.1. The van der Waals surface area contributed by atoms with Crippen molar-refractivity contribution in [2.75, 3.05) is 20.2 Å². The molecule has 6 heteroatoms. The molecule has 0 saturated carbocycles. The minimum atomic E-state index is -1.02. The maximum absolute atomic E-state index is 12.4. The summed E-state index contributed by atoms with van der Waals surface area (Å²) < 4.78 is 5.76. The van der Waals surface area contributed by atoms with Crippen molar-refractivity contribution in [3.63, 3.8) is 0 Å². The Kier molecular flexibility index (Phi) is 6.01. The van der Waals surface area contributed by atoms with Crippen LogP contribution in [0.4, 0.5) is 0 Å². The van der Waals surface area contributed by atoms with Crippen LogP contribution < -0.4 is 4.74 Å². The normalized spacial score (nSPS) is 10.4. The van der Waals surface area contributed by atoms with Crippen LogP contribution in [-0.2, 0) is 4.79 Å². The van der Waals surface area contributed by atoms with Crippen LogP contribution in [0, 0.1) is 5.92 Å². The molecule has 1 aromatic carbocycles. The molecule has 1 rings (SSSR count). The van der Waals surface area contributed by atoms with Crippen molar-refractivity contribution in [3.8, 4) is 5.75 Å². The van der Waals surface area contributed by atoms with Crippen LogP contribution in [0.2, 0.25) is 0 Å². The van der Waals surface area contributed by atoms with Gasteiger partial charge in [-0.1, -0.05) is 13.8 Å². The summed E-state index contributed by atoms with van der Waals surface area (Å²) in [5.41, 5.74) is 0.430. The second-order valence-corrected chi connectivity index (χ2v) is 5.68. The van der Waals surface area contributed by atoms with Crippen molar-refractivity contribution in [1.82, 2.24) is 4.90 Å². The molecule has 0 spiro atoms. The third-order valence-electron chi connectivity index (χ3n) is 2.60. The largest absolute Gasteiger partial charge is 0.496 e. The Morgan fingerprint density at radius 1 is 1.40 bits per heavy atom. The summed E-state index contributed by atoms with van der Waals surface area (Å²) in [7, 11) is 1.54.